The highest BCUT2D eigenvalue weighted by Crippen LogP contribution is 2.45. The van der Waals surface area contributed by atoms with E-state index in [1.165, 1.54) is 12.8 Å². The maximum atomic E-state index is 11.9. The Balaban J connectivity index is 2.47. The van der Waals surface area contributed by atoms with E-state index in [0.29, 0.717) is 0 Å². The molecule has 2 nitrogen and oxygen atoms in total. The topological polar surface area (TPSA) is 22.0 Å². The van der Waals surface area contributed by atoms with Crippen molar-refractivity contribution in [2.75, 3.05) is 0 Å². The second kappa shape index (κ2) is 3.63. The molecule has 88 valence electrons. The van der Waals surface area contributed by atoms with Gasteiger partial charge in [-0.15, -0.1) is 11.6 Å². The van der Waals surface area contributed by atoms with E-state index in [1.54, 1.807) is 6.92 Å². The molecule has 1 atom stereocenters. The predicted molar refractivity (Wildman–Crippen MR) is 66.4 cm³/mol. The summed E-state index contributed by atoms with van der Waals surface area (Å²) in [7, 11) is 0. The Labute approximate surface area is 102 Å². The zero-order valence-electron chi connectivity index (χ0n) is 10.3. The summed E-state index contributed by atoms with van der Waals surface area (Å²) >= 11 is 5.87. The molecule has 0 radical (unpaired) electrons. The minimum absolute atomic E-state index is 0.0327. The van der Waals surface area contributed by atoms with Crippen LogP contribution in [0.15, 0.2) is 6.07 Å². The first-order chi connectivity index (χ1) is 7.37. The fourth-order valence-electron chi connectivity index (χ4n) is 2.46. The molecule has 1 heterocycles. The van der Waals surface area contributed by atoms with Gasteiger partial charge in [0, 0.05) is 22.5 Å². The van der Waals surface area contributed by atoms with Crippen molar-refractivity contribution in [2.24, 2.45) is 0 Å². The van der Waals surface area contributed by atoms with Crippen LogP contribution >= 0.6 is 11.6 Å². The maximum absolute atomic E-state index is 11.9. The lowest BCUT2D eigenvalue weighted by molar-refractivity contribution is 0.0991. The van der Waals surface area contributed by atoms with Crippen LogP contribution in [0, 0.1) is 13.8 Å². The molecular weight excluding hydrogens is 222 g/mol. The maximum Gasteiger partial charge on any atom is 0.182 e. The first-order valence-electron chi connectivity index (χ1n) is 5.74. The number of aromatic nitrogens is 1. The first-order valence-corrected chi connectivity index (χ1v) is 6.18. The number of aryl methyl sites for hydroxylation is 1. The van der Waals surface area contributed by atoms with E-state index in [9.17, 15) is 4.79 Å². The Morgan fingerprint density at radius 2 is 2.06 bits per heavy atom. The summed E-state index contributed by atoms with van der Waals surface area (Å²) in [6, 6.07) is 1.97. The van der Waals surface area contributed by atoms with Crippen molar-refractivity contribution in [1.29, 1.82) is 0 Å². The average molecular weight is 240 g/mol. The molecular formula is C13H18ClNO. The summed E-state index contributed by atoms with van der Waals surface area (Å²) in [6.45, 7) is 8.05. The normalized spacial score (nSPS) is 19.6. The molecule has 1 unspecified atom stereocenters. The fraction of sp³-hybridized carbons (Fsp3) is 0.615. The van der Waals surface area contributed by atoms with E-state index in [-0.39, 0.29) is 11.3 Å². The van der Waals surface area contributed by atoms with Gasteiger partial charge in [0.25, 0.3) is 0 Å². The van der Waals surface area contributed by atoms with E-state index < -0.39 is 5.38 Å². The Morgan fingerprint density at radius 3 is 2.50 bits per heavy atom. The fourth-order valence-corrected chi connectivity index (χ4v) is 2.58. The van der Waals surface area contributed by atoms with Crippen LogP contribution in [-0.2, 0) is 5.54 Å². The van der Waals surface area contributed by atoms with E-state index in [2.05, 4.69) is 18.4 Å². The van der Waals surface area contributed by atoms with Crippen molar-refractivity contribution >= 4 is 17.4 Å². The number of carbonyl (C=O) groups excluding carboxylic acids is 1. The van der Waals surface area contributed by atoms with Crippen molar-refractivity contribution in [3.05, 3.63) is 23.0 Å². The molecule has 1 saturated carbocycles. The van der Waals surface area contributed by atoms with Gasteiger partial charge in [0.05, 0.1) is 5.38 Å². The summed E-state index contributed by atoms with van der Waals surface area (Å²) < 4.78 is 2.29. The molecule has 1 aromatic heterocycles. The Kier molecular flexibility index (Phi) is 2.66. The highest BCUT2D eigenvalue weighted by Gasteiger charge is 2.41. The van der Waals surface area contributed by atoms with Crippen LogP contribution in [-0.4, -0.2) is 15.7 Å². The van der Waals surface area contributed by atoms with Gasteiger partial charge in [-0.05, 0) is 46.6 Å². The van der Waals surface area contributed by atoms with Gasteiger partial charge in [-0.2, -0.15) is 0 Å². The van der Waals surface area contributed by atoms with E-state index in [0.717, 1.165) is 17.0 Å². The molecule has 2 rings (SSSR count). The molecule has 1 fully saturated rings. The van der Waals surface area contributed by atoms with Gasteiger partial charge in [-0.3, -0.25) is 4.79 Å². The monoisotopic (exact) mass is 239 g/mol. The molecule has 0 aromatic carbocycles. The second-order valence-electron chi connectivity index (χ2n) is 5.10. The highest BCUT2D eigenvalue weighted by molar-refractivity contribution is 6.33. The smallest absolute Gasteiger partial charge is 0.182 e. The van der Waals surface area contributed by atoms with E-state index >= 15 is 0 Å². The van der Waals surface area contributed by atoms with Gasteiger partial charge in [0.15, 0.2) is 5.78 Å². The quantitative estimate of drug-likeness (QED) is 0.585. The summed E-state index contributed by atoms with van der Waals surface area (Å²) in [5.41, 5.74) is 3.25. The Bertz CT molecular complexity index is 441. The molecule has 0 amide bonds. The summed E-state index contributed by atoms with van der Waals surface area (Å²) in [6.07, 6.45) is 2.40. The average Bonchev–Trinajstić information content (AvgIpc) is 2.84. The molecule has 1 aliphatic carbocycles. The lowest BCUT2D eigenvalue weighted by Crippen LogP contribution is -2.17. The van der Waals surface area contributed by atoms with Crippen LogP contribution in [0.5, 0.6) is 0 Å². The van der Waals surface area contributed by atoms with Crippen LogP contribution in [0.4, 0.5) is 0 Å². The molecule has 0 aliphatic heterocycles. The standard InChI is InChI=1S/C13H18ClNO/c1-8-7-11(12(16)9(2)14)10(3)15(8)13(4)5-6-13/h7,9H,5-6H2,1-4H3. The largest absolute Gasteiger partial charge is 0.343 e. The van der Waals surface area contributed by atoms with Gasteiger partial charge in [0.2, 0.25) is 0 Å². The van der Waals surface area contributed by atoms with Crippen LogP contribution in [0.2, 0.25) is 0 Å². The number of hydrogen-bond acceptors (Lipinski definition) is 1. The van der Waals surface area contributed by atoms with Crippen LogP contribution in [0.25, 0.3) is 0 Å². The van der Waals surface area contributed by atoms with Crippen molar-refractivity contribution < 1.29 is 4.79 Å². The van der Waals surface area contributed by atoms with Gasteiger partial charge in [-0.1, -0.05) is 0 Å². The van der Waals surface area contributed by atoms with Crippen molar-refractivity contribution in [3.8, 4) is 0 Å². The third-order valence-electron chi connectivity index (χ3n) is 3.57. The molecule has 3 heteroatoms. The lowest BCUT2D eigenvalue weighted by atomic mass is 10.1. The van der Waals surface area contributed by atoms with Gasteiger partial charge < -0.3 is 4.57 Å². The first kappa shape index (κ1) is 11.7. The number of carbonyl (C=O) groups is 1. The van der Waals surface area contributed by atoms with Crippen LogP contribution < -0.4 is 0 Å². The number of Topliss-reactive ketones (excluding diaryl/α,β-unsaturated/α-hetero) is 1. The number of halogens is 1. The van der Waals surface area contributed by atoms with Gasteiger partial charge >= 0.3 is 0 Å². The second-order valence-corrected chi connectivity index (χ2v) is 5.75. The number of ketones is 1. The third-order valence-corrected chi connectivity index (χ3v) is 3.77. The molecule has 0 bridgehead atoms. The number of hydrogen-bond donors (Lipinski definition) is 0. The van der Waals surface area contributed by atoms with E-state index in [4.69, 9.17) is 11.6 Å². The van der Waals surface area contributed by atoms with Crippen LogP contribution in [0.1, 0.15) is 48.4 Å². The highest BCUT2D eigenvalue weighted by atomic mass is 35.5. The SMILES string of the molecule is Cc1cc(C(=O)C(C)Cl)c(C)n1C1(C)CC1. The van der Waals surface area contributed by atoms with Gasteiger partial charge in [0.1, 0.15) is 0 Å². The predicted octanol–water partition coefficient (Wildman–Crippen LogP) is 3.42. The molecule has 16 heavy (non-hydrogen) atoms. The number of nitrogens with zero attached hydrogens (tertiary/aromatic N) is 1. The lowest BCUT2D eigenvalue weighted by Gasteiger charge is -2.17. The van der Waals surface area contributed by atoms with Crippen molar-refractivity contribution in [2.45, 2.75) is 51.5 Å². The van der Waals surface area contributed by atoms with Crippen molar-refractivity contribution in [1.82, 2.24) is 4.57 Å². The zero-order valence-corrected chi connectivity index (χ0v) is 11.1. The Morgan fingerprint density at radius 1 is 1.50 bits per heavy atom. The molecule has 1 aliphatic rings. The summed E-state index contributed by atoms with van der Waals surface area (Å²) in [5, 5.41) is -0.444. The van der Waals surface area contributed by atoms with Gasteiger partial charge in [-0.25, -0.2) is 0 Å². The minimum Gasteiger partial charge on any atom is -0.343 e. The third kappa shape index (κ3) is 1.69. The Hall–Kier alpha value is -0.760. The molecule has 1 aromatic rings. The number of rotatable bonds is 3. The molecule has 0 spiro atoms. The van der Waals surface area contributed by atoms with Crippen LogP contribution in [0.3, 0.4) is 0 Å². The number of alkyl halides is 1. The molecule has 0 saturated heterocycles. The van der Waals surface area contributed by atoms with E-state index in [1.807, 2.05) is 13.0 Å². The minimum atomic E-state index is -0.444. The summed E-state index contributed by atoms with van der Waals surface area (Å²) in [5.74, 6) is 0.0327. The molecule has 0 N–H and O–H groups in total. The van der Waals surface area contributed by atoms with Crippen molar-refractivity contribution in [3.63, 3.8) is 0 Å². The zero-order chi connectivity index (χ0) is 12.1. The summed E-state index contributed by atoms with van der Waals surface area (Å²) in [4.78, 5) is 11.9.